The molecule has 3 aromatic rings. The maximum atomic E-state index is 12.7. The first-order chi connectivity index (χ1) is 12.1. The summed E-state index contributed by atoms with van der Waals surface area (Å²) in [6.07, 6.45) is 2.89. The van der Waals surface area contributed by atoms with Crippen LogP contribution in [0.4, 0.5) is 5.69 Å². The van der Waals surface area contributed by atoms with E-state index in [1.165, 1.54) is 6.33 Å². The monoisotopic (exact) mass is 418 g/mol. The number of halogens is 2. The number of nitrogens with zero attached hydrogens (tertiary/aromatic N) is 3. The lowest BCUT2D eigenvalue weighted by molar-refractivity contribution is -0.122. The molecule has 6 nitrogen and oxygen atoms in total. The number of amides is 1. The third-order valence-electron chi connectivity index (χ3n) is 3.87. The van der Waals surface area contributed by atoms with Crippen molar-refractivity contribution in [2.45, 2.75) is 12.5 Å². The first-order valence-electron chi connectivity index (χ1n) is 7.50. The highest BCUT2D eigenvalue weighted by atomic mass is 79.9. The van der Waals surface area contributed by atoms with Crippen molar-refractivity contribution < 1.29 is 9.53 Å². The Labute approximate surface area is 156 Å². The Hall–Kier alpha value is -2.38. The van der Waals surface area contributed by atoms with Gasteiger partial charge in [0.2, 0.25) is 0 Å². The molecule has 0 aliphatic carbocycles. The second-order valence-corrected chi connectivity index (χ2v) is 6.91. The van der Waals surface area contributed by atoms with E-state index in [9.17, 15) is 4.79 Å². The maximum Gasteiger partial charge on any atom is 0.265 e. The number of carbonyl (C=O) groups is 1. The number of fused-ring (bicyclic) bond motifs is 1. The Morgan fingerprint density at radius 3 is 3.00 bits per heavy atom. The van der Waals surface area contributed by atoms with Crippen LogP contribution in [-0.2, 0) is 11.2 Å². The molecule has 1 aliphatic rings. The van der Waals surface area contributed by atoms with Crippen molar-refractivity contribution in [3.63, 3.8) is 0 Å². The van der Waals surface area contributed by atoms with Gasteiger partial charge in [0.25, 0.3) is 5.91 Å². The van der Waals surface area contributed by atoms with Gasteiger partial charge in [-0.2, -0.15) is 5.10 Å². The number of benzene rings is 2. The van der Waals surface area contributed by atoms with E-state index in [1.807, 2.05) is 24.3 Å². The lowest BCUT2D eigenvalue weighted by Gasteiger charge is -2.14. The van der Waals surface area contributed by atoms with E-state index in [1.54, 1.807) is 23.1 Å². The number of hydrogen-bond acceptors (Lipinski definition) is 4. The maximum absolute atomic E-state index is 12.7. The highest BCUT2D eigenvalue weighted by Gasteiger charge is 2.29. The van der Waals surface area contributed by atoms with E-state index < -0.39 is 6.10 Å². The van der Waals surface area contributed by atoms with E-state index in [4.69, 9.17) is 16.3 Å². The average Bonchev–Trinajstić information content (AvgIpc) is 3.23. The molecule has 4 rings (SSSR count). The highest BCUT2D eigenvalue weighted by Crippen LogP contribution is 2.32. The summed E-state index contributed by atoms with van der Waals surface area (Å²) in [4.78, 5) is 16.6. The fourth-order valence-corrected chi connectivity index (χ4v) is 3.27. The molecule has 1 N–H and O–H groups in total. The van der Waals surface area contributed by atoms with Gasteiger partial charge >= 0.3 is 0 Å². The van der Waals surface area contributed by atoms with Crippen LogP contribution in [0.5, 0.6) is 5.75 Å². The van der Waals surface area contributed by atoms with Gasteiger partial charge in [-0.3, -0.25) is 4.79 Å². The third kappa shape index (κ3) is 3.25. The summed E-state index contributed by atoms with van der Waals surface area (Å²) < 4.78 is 8.17. The third-order valence-corrected chi connectivity index (χ3v) is 4.60. The Kier molecular flexibility index (Phi) is 4.19. The molecule has 1 amide bonds. The number of aromatic nitrogens is 3. The van der Waals surface area contributed by atoms with Gasteiger partial charge in [-0.15, -0.1) is 0 Å². The summed E-state index contributed by atoms with van der Waals surface area (Å²) in [5.74, 6) is 0.460. The average molecular weight is 420 g/mol. The molecule has 0 spiro atoms. The normalized spacial score (nSPS) is 15.5. The first kappa shape index (κ1) is 16.1. The fourth-order valence-electron chi connectivity index (χ4n) is 2.72. The van der Waals surface area contributed by atoms with Crippen molar-refractivity contribution in [2.24, 2.45) is 0 Å². The molecule has 2 aromatic carbocycles. The zero-order valence-corrected chi connectivity index (χ0v) is 15.2. The molecular formula is C17H12BrClN4O2. The molecule has 1 atom stereocenters. The van der Waals surface area contributed by atoms with E-state index in [2.05, 4.69) is 31.3 Å². The quantitative estimate of drug-likeness (QED) is 0.704. The van der Waals surface area contributed by atoms with Gasteiger partial charge in [-0.1, -0.05) is 27.5 Å². The van der Waals surface area contributed by atoms with Crippen molar-refractivity contribution in [1.29, 1.82) is 0 Å². The van der Waals surface area contributed by atoms with E-state index >= 15 is 0 Å². The molecule has 25 heavy (non-hydrogen) atoms. The SMILES string of the molecule is O=C(Nc1cc(Br)ccc1-n1cncn1)C1Cc2cc(Cl)ccc2O1. The van der Waals surface area contributed by atoms with Gasteiger partial charge in [0.05, 0.1) is 11.4 Å². The summed E-state index contributed by atoms with van der Waals surface area (Å²) in [5.41, 5.74) is 2.26. The standard InChI is InChI=1S/C17H12BrClN4O2/c18-11-1-3-14(23-9-20-8-21-23)13(7-11)22-17(24)16-6-10-5-12(19)2-4-15(10)25-16/h1-5,7-9,16H,6H2,(H,22,24). The Morgan fingerprint density at radius 2 is 2.20 bits per heavy atom. The summed E-state index contributed by atoms with van der Waals surface area (Å²) in [6.45, 7) is 0. The number of anilines is 1. The molecule has 2 heterocycles. The predicted molar refractivity (Wildman–Crippen MR) is 97.3 cm³/mol. The molecular weight excluding hydrogens is 408 g/mol. The molecule has 0 saturated heterocycles. The van der Waals surface area contributed by atoms with Crippen molar-refractivity contribution in [1.82, 2.24) is 14.8 Å². The smallest absolute Gasteiger partial charge is 0.265 e. The minimum absolute atomic E-state index is 0.230. The van der Waals surface area contributed by atoms with Gasteiger partial charge in [0.15, 0.2) is 6.10 Å². The minimum Gasteiger partial charge on any atom is -0.480 e. The summed E-state index contributed by atoms with van der Waals surface area (Å²) in [6, 6.07) is 10.9. The van der Waals surface area contributed by atoms with Crippen LogP contribution in [0.3, 0.4) is 0 Å². The van der Waals surface area contributed by atoms with Crippen LogP contribution >= 0.6 is 27.5 Å². The lowest BCUT2D eigenvalue weighted by Crippen LogP contribution is -2.31. The Balaban J connectivity index is 1.57. The van der Waals surface area contributed by atoms with Crippen LogP contribution in [0.1, 0.15) is 5.56 Å². The second kappa shape index (κ2) is 6.50. The molecule has 0 radical (unpaired) electrons. The zero-order valence-electron chi connectivity index (χ0n) is 12.8. The molecule has 8 heteroatoms. The van der Waals surface area contributed by atoms with Gasteiger partial charge in [-0.05, 0) is 42.0 Å². The van der Waals surface area contributed by atoms with Crippen molar-refractivity contribution in [2.75, 3.05) is 5.32 Å². The molecule has 0 bridgehead atoms. The van der Waals surface area contributed by atoms with Crippen LogP contribution < -0.4 is 10.1 Å². The number of hydrogen-bond donors (Lipinski definition) is 1. The minimum atomic E-state index is -0.601. The van der Waals surface area contributed by atoms with E-state index in [0.29, 0.717) is 28.6 Å². The first-order valence-corrected chi connectivity index (χ1v) is 8.68. The van der Waals surface area contributed by atoms with Gasteiger partial charge in [0.1, 0.15) is 18.4 Å². The Morgan fingerprint density at radius 1 is 1.32 bits per heavy atom. The van der Waals surface area contributed by atoms with Gasteiger partial charge in [0, 0.05) is 15.9 Å². The molecule has 1 aliphatic heterocycles. The molecule has 126 valence electrons. The summed E-state index contributed by atoms with van der Waals surface area (Å²) in [5, 5.41) is 7.66. The second-order valence-electron chi connectivity index (χ2n) is 5.55. The van der Waals surface area contributed by atoms with E-state index in [-0.39, 0.29) is 5.91 Å². The van der Waals surface area contributed by atoms with Crippen molar-refractivity contribution in [3.8, 4) is 11.4 Å². The zero-order chi connectivity index (χ0) is 17.4. The van der Waals surface area contributed by atoms with E-state index in [0.717, 1.165) is 10.0 Å². The van der Waals surface area contributed by atoms with Crippen LogP contribution in [-0.4, -0.2) is 26.8 Å². The van der Waals surface area contributed by atoms with Gasteiger partial charge < -0.3 is 10.1 Å². The van der Waals surface area contributed by atoms with Gasteiger partial charge in [-0.25, -0.2) is 9.67 Å². The Bertz CT molecular complexity index is 946. The molecule has 0 fully saturated rings. The fraction of sp³-hybridized carbons (Fsp3) is 0.118. The lowest BCUT2D eigenvalue weighted by atomic mass is 10.1. The summed E-state index contributed by atoms with van der Waals surface area (Å²) in [7, 11) is 0. The number of ether oxygens (including phenoxy) is 1. The van der Waals surface area contributed by atoms with Crippen LogP contribution in [0, 0.1) is 0 Å². The van der Waals surface area contributed by atoms with Crippen LogP contribution in [0.2, 0.25) is 5.02 Å². The molecule has 1 unspecified atom stereocenters. The highest BCUT2D eigenvalue weighted by molar-refractivity contribution is 9.10. The van der Waals surface area contributed by atoms with Crippen molar-refractivity contribution >= 4 is 39.1 Å². The van der Waals surface area contributed by atoms with Crippen LogP contribution in [0.25, 0.3) is 5.69 Å². The van der Waals surface area contributed by atoms with Crippen LogP contribution in [0.15, 0.2) is 53.5 Å². The number of carbonyl (C=O) groups excluding carboxylic acids is 1. The largest absolute Gasteiger partial charge is 0.480 e. The molecule has 0 saturated carbocycles. The topological polar surface area (TPSA) is 69.0 Å². The summed E-state index contributed by atoms with van der Waals surface area (Å²) >= 11 is 9.42. The number of nitrogens with one attached hydrogen (secondary N) is 1. The predicted octanol–water partition coefficient (Wildman–Crippen LogP) is 3.63. The van der Waals surface area contributed by atoms with Crippen molar-refractivity contribution in [3.05, 3.63) is 64.1 Å². The molecule has 1 aromatic heterocycles. The number of rotatable bonds is 3.